The zero-order chi connectivity index (χ0) is 27.1. The van der Waals surface area contributed by atoms with Crippen LogP contribution < -0.4 is 15.4 Å². The molecule has 38 heavy (non-hydrogen) atoms. The molecule has 4 rings (SSSR count). The van der Waals surface area contributed by atoms with E-state index in [4.69, 9.17) is 4.74 Å². The number of hydrogen-bond acceptors (Lipinski definition) is 8. The highest BCUT2D eigenvalue weighted by molar-refractivity contribution is 9.10. The van der Waals surface area contributed by atoms with E-state index >= 15 is 0 Å². The summed E-state index contributed by atoms with van der Waals surface area (Å²) in [4.78, 5) is 29.2. The van der Waals surface area contributed by atoms with Crippen molar-refractivity contribution < 1.29 is 14.3 Å². The number of halogens is 1. The zero-order valence-electron chi connectivity index (χ0n) is 21.1. The molecule has 2 amide bonds. The van der Waals surface area contributed by atoms with Crippen LogP contribution in [0, 0.1) is 0 Å². The van der Waals surface area contributed by atoms with Crippen LogP contribution in [0.1, 0.15) is 31.2 Å². The van der Waals surface area contributed by atoms with Crippen LogP contribution in [-0.2, 0) is 23.2 Å². The Labute approximate surface area is 237 Å². The molecule has 0 saturated heterocycles. The van der Waals surface area contributed by atoms with Gasteiger partial charge in [0.1, 0.15) is 5.75 Å². The molecular weight excluding hydrogens is 588 g/mol. The predicted octanol–water partition coefficient (Wildman–Crippen LogP) is 5.25. The Balaban J connectivity index is 1.20. The molecule has 198 valence electrons. The first kappa shape index (κ1) is 27.8. The second-order valence-corrected chi connectivity index (χ2v) is 11.3. The molecular formula is C26H27BrN6O3S2. The Morgan fingerprint density at radius 2 is 1.82 bits per heavy atom. The molecule has 0 aliphatic rings. The number of aromatic nitrogens is 4. The van der Waals surface area contributed by atoms with Crippen molar-refractivity contribution in [2.24, 2.45) is 7.05 Å². The summed E-state index contributed by atoms with van der Waals surface area (Å²) in [6.07, 6.45) is 0. The minimum atomic E-state index is -0.263. The fourth-order valence-electron chi connectivity index (χ4n) is 3.32. The summed E-state index contributed by atoms with van der Waals surface area (Å²) in [7, 11) is 1.79. The zero-order valence-corrected chi connectivity index (χ0v) is 24.3. The number of amides is 2. The normalized spacial score (nSPS) is 11.0. The SMILES string of the molecule is CC(C)c1ccc(OCC(=O)NCc2nnc(SCC(=O)Nc3nc(-c4ccc(Br)cc4)cs3)n2C)cc1. The molecule has 0 unspecified atom stereocenters. The quantitative estimate of drug-likeness (QED) is 0.222. The van der Waals surface area contributed by atoms with Gasteiger partial charge in [0.15, 0.2) is 22.7 Å². The molecule has 0 saturated carbocycles. The molecule has 2 aromatic heterocycles. The van der Waals surface area contributed by atoms with Crippen molar-refractivity contribution >= 4 is 56.0 Å². The van der Waals surface area contributed by atoms with Gasteiger partial charge in [-0.1, -0.05) is 65.8 Å². The predicted molar refractivity (Wildman–Crippen MR) is 153 cm³/mol. The summed E-state index contributed by atoms with van der Waals surface area (Å²) < 4.78 is 8.30. The van der Waals surface area contributed by atoms with Gasteiger partial charge in [-0.3, -0.25) is 9.59 Å². The molecule has 4 aromatic rings. The van der Waals surface area contributed by atoms with Crippen LogP contribution in [0.15, 0.2) is 63.5 Å². The van der Waals surface area contributed by atoms with Crippen LogP contribution in [0.2, 0.25) is 0 Å². The Morgan fingerprint density at radius 1 is 1.08 bits per heavy atom. The van der Waals surface area contributed by atoms with Crippen molar-refractivity contribution in [1.82, 2.24) is 25.1 Å². The highest BCUT2D eigenvalue weighted by Crippen LogP contribution is 2.26. The average Bonchev–Trinajstić information content (AvgIpc) is 3.51. The summed E-state index contributed by atoms with van der Waals surface area (Å²) in [5.41, 5.74) is 2.99. The van der Waals surface area contributed by atoms with Crippen LogP contribution in [0.25, 0.3) is 11.3 Å². The molecule has 2 aromatic carbocycles. The van der Waals surface area contributed by atoms with Crippen LogP contribution in [-0.4, -0.2) is 43.9 Å². The van der Waals surface area contributed by atoms with Crippen LogP contribution in [0.4, 0.5) is 5.13 Å². The molecule has 0 aliphatic heterocycles. The van der Waals surface area contributed by atoms with Crippen molar-refractivity contribution in [2.75, 3.05) is 17.7 Å². The molecule has 0 bridgehead atoms. The Morgan fingerprint density at radius 3 is 2.53 bits per heavy atom. The third-order valence-electron chi connectivity index (χ3n) is 5.51. The molecule has 0 fully saturated rings. The minimum absolute atomic E-state index is 0.0963. The van der Waals surface area contributed by atoms with Crippen molar-refractivity contribution in [2.45, 2.75) is 31.5 Å². The van der Waals surface area contributed by atoms with Gasteiger partial charge < -0.3 is 19.9 Å². The van der Waals surface area contributed by atoms with E-state index in [1.54, 1.807) is 11.6 Å². The number of benzene rings is 2. The first-order chi connectivity index (χ1) is 18.3. The van der Waals surface area contributed by atoms with Gasteiger partial charge in [-0.25, -0.2) is 4.98 Å². The molecule has 9 nitrogen and oxygen atoms in total. The van der Waals surface area contributed by atoms with E-state index in [1.807, 2.05) is 53.9 Å². The first-order valence-electron chi connectivity index (χ1n) is 11.8. The van der Waals surface area contributed by atoms with E-state index in [9.17, 15) is 9.59 Å². The van der Waals surface area contributed by atoms with Gasteiger partial charge in [-0.2, -0.15) is 0 Å². The summed E-state index contributed by atoms with van der Waals surface area (Å²) in [6, 6.07) is 15.5. The molecule has 0 atom stereocenters. The molecule has 0 spiro atoms. The van der Waals surface area contributed by atoms with Gasteiger partial charge >= 0.3 is 0 Å². The van der Waals surface area contributed by atoms with Crippen LogP contribution in [0.3, 0.4) is 0 Å². The smallest absolute Gasteiger partial charge is 0.258 e. The molecule has 2 N–H and O–H groups in total. The van der Waals surface area contributed by atoms with Gasteiger partial charge in [0.05, 0.1) is 18.0 Å². The third-order valence-corrected chi connectivity index (χ3v) is 7.81. The molecule has 0 aliphatic carbocycles. The van der Waals surface area contributed by atoms with Crippen molar-refractivity contribution in [3.63, 3.8) is 0 Å². The van der Waals surface area contributed by atoms with Gasteiger partial charge in [-0.15, -0.1) is 21.5 Å². The number of thioether (sulfide) groups is 1. The minimum Gasteiger partial charge on any atom is -0.484 e. The summed E-state index contributed by atoms with van der Waals surface area (Å²) in [5.74, 6) is 1.34. The molecule has 0 radical (unpaired) electrons. The second-order valence-electron chi connectivity index (χ2n) is 8.63. The maximum Gasteiger partial charge on any atom is 0.258 e. The third kappa shape index (κ3) is 7.65. The van der Waals surface area contributed by atoms with E-state index in [0.29, 0.717) is 27.8 Å². The lowest BCUT2D eigenvalue weighted by Gasteiger charge is -2.09. The maximum atomic E-state index is 12.5. The molecule has 12 heteroatoms. The topological polar surface area (TPSA) is 111 Å². The lowest BCUT2D eigenvalue weighted by Crippen LogP contribution is -2.29. The second kappa shape index (κ2) is 13.0. The van der Waals surface area contributed by atoms with Crippen molar-refractivity contribution in [3.8, 4) is 17.0 Å². The lowest BCUT2D eigenvalue weighted by atomic mass is 10.0. The van der Waals surface area contributed by atoms with Crippen molar-refractivity contribution in [1.29, 1.82) is 0 Å². The largest absolute Gasteiger partial charge is 0.484 e. The summed E-state index contributed by atoms with van der Waals surface area (Å²) >= 11 is 6.05. The van der Waals surface area contributed by atoms with E-state index in [-0.39, 0.29) is 30.7 Å². The number of thiazole rings is 1. The summed E-state index contributed by atoms with van der Waals surface area (Å²) in [6.45, 7) is 4.35. The number of hydrogen-bond donors (Lipinski definition) is 2. The van der Waals surface area contributed by atoms with Gasteiger partial charge in [0.25, 0.3) is 5.91 Å². The number of anilines is 1. The van der Waals surface area contributed by atoms with E-state index < -0.39 is 0 Å². The fourth-order valence-corrected chi connectivity index (χ4v) is 5.05. The summed E-state index contributed by atoms with van der Waals surface area (Å²) in [5, 5.41) is 16.9. The van der Waals surface area contributed by atoms with Gasteiger partial charge in [0.2, 0.25) is 5.91 Å². The van der Waals surface area contributed by atoms with Crippen LogP contribution in [0.5, 0.6) is 5.75 Å². The Kier molecular flexibility index (Phi) is 9.53. The van der Waals surface area contributed by atoms with Crippen LogP contribution >= 0.6 is 39.0 Å². The Hall–Kier alpha value is -3.22. The van der Waals surface area contributed by atoms with Gasteiger partial charge in [-0.05, 0) is 35.7 Å². The number of carbonyl (C=O) groups is 2. The maximum absolute atomic E-state index is 12.5. The number of nitrogens with one attached hydrogen (secondary N) is 2. The standard InChI is InChI=1S/C26H27BrN6O3S2/c1-16(2)17-6-10-20(11-7-17)36-13-23(34)28-12-22-31-32-26(33(22)3)38-15-24(35)30-25-29-21(14-37-25)18-4-8-19(27)9-5-18/h4-11,14,16H,12-13,15H2,1-3H3,(H,28,34)(H,29,30,35). The number of rotatable bonds is 11. The Bertz CT molecular complexity index is 1390. The number of nitrogens with zero attached hydrogens (tertiary/aromatic N) is 4. The highest BCUT2D eigenvalue weighted by atomic mass is 79.9. The van der Waals surface area contributed by atoms with E-state index in [1.165, 1.54) is 28.7 Å². The van der Waals surface area contributed by atoms with Crippen molar-refractivity contribution in [3.05, 3.63) is 69.8 Å². The highest BCUT2D eigenvalue weighted by Gasteiger charge is 2.14. The monoisotopic (exact) mass is 614 g/mol. The fraction of sp³-hybridized carbons (Fsp3) is 0.269. The lowest BCUT2D eigenvalue weighted by molar-refractivity contribution is -0.123. The molecule has 2 heterocycles. The van der Waals surface area contributed by atoms with E-state index in [2.05, 4.69) is 55.6 Å². The first-order valence-corrected chi connectivity index (χ1v) is 14.5. The van der Waals surface area contributed by atoms with E-state index in [0.717, 1.165) is 15.7 Å². The average molecular weight is 616 g/mol. The number of ether oxygens (including phenoxy) is 1. The van der Waals surface area contributed by atoms with Gasteiger partial charge in [0, 0.05) is 22.5 Å². The number of carbonyl (C=O) groups excluding carboxylic acids is 2.